The van der Waals surface area contributed by atoms with Crippen LogP contribution in [0, 0.1) is 12.8 Å². The van der Waals surface area contributed by atoms with Crippen LogP contribution in [0.15, 0.2) is 40.8 Å². The molecule has 0 saturated heterocycles. The van der Waals surface area contributed by atoms with Crippen LogP contribution in [-0.2, 0) is 16.1 Å². The fraction of sp³-hybridized carbons (Fsp3) is 0.333. The van der Waals surface area contributed by atoms with Gasteiger partial charge in [-0.1, -0.05) is 43.7 Å². The number of hydrogen-bond acceptors (Lipinski definition) is 5. The highest BCUT2D eigenvalue weighted by molar-refractivity contribution is 7.17. The molecular formula is C21H24N4O3S. The number of rotatable bonds is 6. The molecule has 0 radical (unpaired) electrons. The Balaban J connectivity index is 1.72. The molecule has 0 aliphatic rings. The molecule has 7 nitrogen and oxygen atoms in total. The largest absolute Gasteiger partial charge is 0.298 e. The van der Waals surface area contributed by atoms with Crippen LogP contribution >= 0.6 is 11.3 Å². The molecule has 0 atom stereocenters. The SMILES string of the molecule is Cc1ccc(-c2csc3ncn(CCC(=O)NNC(=O)CC(C)C)c(=O)c23)cc1. The average molecular weight is 413 g/mol. The van der Waals surface area contributed by atoms with Gasteiger partial charge in [0.1, 0.15) is 4.83 Å². The van der Waals surface area contributed by atoms with Crippen LogP contribution in [0.1, 0.15) is 32.3 Å². The van der Waals surface area contributed by atoms with Crippen molar-refractivity contribution < 1.29 is 9.59 Å². The lowest BCUT2D eigenvalue weighted by atomic mass is 10.1. The van der Waals surface area contributed by atoms with E-state index in [0.29, 0.717) is 16.6 Å². The maximum Gasteiger partial charge on any atom is 0.262 e. The number of benzene rings is 1. The van der Waals surface area contributed by atoms with Crippen molar-refractivity contribution in [3.63, 3.8) is 0 Å². The Morgan fingerprint density at radius 3 is 2.52 bits per heavy atom. The first-order chi connectivity index (χ1) is 13.8. The zero-order chi connectivity index (χ0) is 21.0. The van der Waals surface area contributed by atoms with Crippen LogP contribution < -0.4 is 16.4 Å². The Hall–Kier alpha value is -3.00. The van der Waals surface area contributed by atoms with E-state index in [9.17, 15) is 14.4 Å². The summed E-state index contributed by atoms with van der Waals surface area (Å²) in [4.78, 5) is 41.6. The second kappa shape index (κ2) is 9.00. The van der Waals surface area contributed by atoms with Crippen LogP contribution in [0.25, 0.3) is 21.3 Å². The van der Waals surface area contributed by atoms with Gasteiger partial charge in [-0.25, -0.2) is 4.98 Å². The lowest BCUT2D eigenvalue weighted by Gasteiger charge is -2.09. The normalized spacial score (nSPS) is 11.0. The van der Waals surface area contributed by atoms with Gasteiger partial charge in [-0.2, -0.15) is 0 Å². The second-order valence-corrected chi connectivity index (χ2v) is 8.24. The van der Waals surface area contributed by atoms with Crippen LogP contribution in [0.2, 0.25) is 0 Å². The van der Waals surface area contributed by atoms with Crippen molar-refractivity contribution in [2.75, 3.05) is 0 Å². The zero-order valence-corrected chi connectivity index (χ0v) is 17.5. The number of carbonyl (C=O) groups is 2. The molecule has 1 aromatic carbocycles. The highest BCUT2D eigenvalue weighted by Crippen LogP contribution is 2.30. The van der Waals surface area contributed by atoms with Gasteiger partial charge in [-0.3, -0.25) is 29.8 Å². The third kappa shape index (κ3) is 5.08. The Morgan fingerprint density at radius 2 is 1.83 bits per heavy atom. The molecule has 3 aromatic rings. The lowest BCUT2D eigenvalue weighted by molar-refractivity contribution is -0.129. The Bertz CT molecular complexity index is 1080. The molecular weight excluding hydrogens is 388 g/mol. The minimum atomic E-state index is -0.363. The van der Waals surface area contributed by atoms with Gasteiger partial charge < -0.3 is 0 Å². The molecule has 8 heteroatoms. The molecule has 2 amide bonds. The minimum Gasteiger partial charge on any atom is -0.298 e. The maximum atomic E-state index is 13.0. The van der Waals surface area contributed by atoms with Crippen molar-refractivity contribution in [1.82, 2.24) is 20.4 Å². The first-order valence-electron chi connectivity index (χ1n) is 9.46. The van der Waals surface area contributed by atoms with E-state index in [1.807, 2.05) is 50.4 Å². The van der Waals surface area contributed by atoms with E-state index in [4.69, 9.17) is 0 Å². The number of aromatic nitrogens is 2. The molecule has 0 aliphatic heterocycles. The summed E-state index contributed by atoms with van der Waals surface area (Å²) in [6.45, 7) is 6.04. The third-order valence-corrected chi connectivity index (χ3v) is 5.32. The van der Waals surface area contributed by atoms with Crippen molar-refractivity contribution in [1.29, 1.82) is 0 Å². The van der Waals surface area contributed by atoms with Crippen molar-refractivity contribution in [2.45, 2.75) is 40.2 Å². The van der Waals surface area contributed by atoms with Gasteiger partial charge in [0.25, 0.3) is 5.56 Å². The number of nitrogens with zero attached hydrogens (tertiary/aromatic N) is 2. The fourth-order valence-electron chi connectivity index (χ4n) is 2.92. The van der Waals surface area contributed by atoms with E-state index in [1.165, 1.54) is 22.2 Å². The summed E-state index contributed by atoms with van der Waals surface area (Å²) in [6, 6.07) is 7.99. The van der Waals surface area contributed by atoms with Crippen LogP contribution in [-0.4, -0.2) is 21.4 Å². The standard InChI is InChI=1S/C21H24N4O3S/c1-13(2)10-18(27)24-23-17(26)8-9-25-12-22-20-19(21(25)28)16(11-29-20)15-6-4-14(3)5-7-15/h4-7,11-13H,8-10H2,1-3H3,(H,23,26)(H,24,27). The van der Waals surface area contributed by atoms with Crippen molar-refractivity contribution in [3.8, 4) is 11.1 Å². The molecule has 0 unspecified atom stereocenters. The number of amides is 2. The number of aryl methyl sites for hydroxylation is 2. The molecule has 2 heterocycles. The first kappa shape index (κ1) is 20.7. The number of fused-ring (bicyclic) bond motifs is 1. The summed E-state index contributed by atoms with van der Waals surface area (Å²) in [5.74, 6) is -0.399. The summed E-state index contributed by atoms with van der Waals surface area (Å²) in [7, 11) is 0. The Labute approximate surface area is 172 Å². The van der Waals surface area contributed by atoms with Gasteiger partial charge in [-0.05, 0) is 18.4 Å². The van der Waals surface area contributed by atoms with E-state index >= 15 is 0 Å². The van der Waals surface area contributed by atoms with Crippen LogP contribution in [0.4, 0.5) is 0 Å². The fourth-order valence-corrected chi connectivity index (χ4v) is 3.82. The molecule has 0 aliphatic carbocycles. The monoisotopic (exact) mass is 412 g/mol. The topological polar surface area (TPSA) is 93.1 Å². The van der Waals surface area contributed by atoms with E-state index < -0.39 is 0 Å². The van der Waals surface area contributed by atoms with Crippen molar-refractivity contribution in [3.05, 3.63) is 51.9 Å². The van der Waals surface area contributed by atoms with E-state index in [-0.39, 0.29) is 36.3 Å². The molecule has 2 N–H and O–H groups in total. The number of thiophene rings is 1. The summed E-state index contributed by atoms with van der Waals surface area (Å²) >= 11 is 1.43. The molecule has 0 bridgehead atoms. The predicted octanol–water partition coefficient (Wildman–Crippen LogP) is 3.02. The quantitative estimate of drug-likeness (QED) is 0.609. The second-order valence-electron chi connectivity index (χ2n) is 7.38. The highest BCUT2D eigenvalue weighted by Gasteiger charge is 2.14. The van der Waals surface area contributed by atoms with Crippen LogP contribution in [0.5, 0.6) is 0 Å². The number of hydrazine groups is 1. The molecule has 3 rings (SSSR count). The Kier molecular flexibility index (Phi) is 6.43. The third-order valence-electron chi connectivity index (χ3n) is 4.44. The van der Waals surface area contributed by atoms with E-state index in [0.717, 1.165) is 16.7 Å². The van der Waals surface area contributed by atoms with Gasteiger partial charge in [-0.15, -0.1) is 11.3 Å². The maximum absolute atomic E-state index is 13.0. The first-order valence-corrected chi connectivity index (χ1v) is 10.3. The van der Waals surface area contributed by atoms with Gasteiger partial charge in [0.05, 0.1) is 11.7 Å². The minimum absolute atomic E-state index is 0.0546. The molecule has 0 saturated carbocycles. The zero-order valence-electron chi connectivity index (χ0n) is 16.7. The van der Waals surface area contributed by atoms with Gasteiger partial charge in [0.2, 0.25) is 11.8 Å². The number of carbonyl (C=O) groups excluding carboxylic acids is 2. The average Bonchev–Trinajstić information content (AvgIpc) is 3.11. The number of nitrogens with one attached hydrogen (secondary N) is 2. The molecule has 2 aromatic heterocycles. The van der Waals surface area contributed by atoms with E-state index in [2.05, 4.69) is 15.8 Å². The molecule has 0 fully saturated rings. The number of hydrogen-bond donors (Lipinski definition) is 2. The van der Waals surface area contributed by atoms with Gasteiger partial charge >= 0.3 is 0 Å². The summed E-state index contributed by atoms with van der Waals surface area (Å²) < 4.78 is 1.43. The van der Waals surface area contributed by atoms with E-state index in [1.54, 1.807) is 0 Å². The van der Waals surface area contributed by atoms with Crippen molar-refractivity contribution >= 4 is 33.4 Å². The predicted molar refractivity (Wildman–Crippen MR) is 114 cm³/mol. The summed E-state index contributed by atoms with van der Waals surface area (Å²) in [6.07, 6.45) is 1.85. The molecule has 152 valence electrons. The van der Waals surface area contributed by atoms with Gasteiger partial charge in [0.15, 0.2) is 0 Å². The molecule has 0 spiro atoms. The molecule has 29 heavy (non-hydrogen) atoms. The van der Waals surface area contributed by atoms with Crippen LogP contribution in [0.3, 0.4) is 0 Å². The summed E-state index contributed by atoms with van der Waals surface area (Å²) in [5, 5.41) is 2.50. The highest BCUT2D eigenvalue weighted by atomic mass is 32.1. The Morgan fingerprint density at radius 1 is 1.14 bits per heavy atom. The lowest BCUT2D eigenvalue weighted by Crippen LogP contribution is -2.42. The van der Waals surface area contributed by atoms with Gasteiger partial charge in [0, 0.05) is 30.3 Å². The smallest absolute Gasteiger partial charge is 0.262 e. The summed E-state index contributed by atoms with van der Waals surface area (Å²) in [5.41, 5.74) is 7.55. The van der Waals surface area contributed by atoms with Crippen molar-refractivity contribution in [2.24, 2.45) is 5.92 Å².